The summed E-state index contributed by atoms with van der Waals surface area (Å²) >= 11 is 0. The molecule has 0 unspecified atom stereocenters. The average molecular weight is 171 g/mol. The van der Waals surface area contributed by atoms with Gasteiger partial charge in [-0.25, -0.2) is 4.79 Å². The molecule has 1 fully saturated rings. The second kappa shape index (κ2) is 3.56. The van der Waals surface area contributed by atoms with Crippen molar-refractivity contribution in [1.29, 1.82) is 0 Å². The molecule has 1 amide bonds. The molecule has 1 rings (SSSR count). The van der Waals surface area contributed by atoms with E-state index in [1.165, 1.54) is 4.90 Å². The van der Waals surface area contributed by atoms with E-state index in [-0.39, 0.29) is 11.7 Å². The number of amides is 1. The quantitative estimate of drug-likeness (QED) is 0.673. The van der Waals surface area contributed by atoms with Crippen LogP contribution in [-0.4, -0.2) is 35.0 Å². The first-order valence-corrected chi connectivity index (χ1v) is 4.07. The number of carbonyl (C=O) groups excluding carboxylic acids is 1. The topological polar surface area (TPSA) is 57.6 Å². The Hall–Kier alpha value is -1.06. The highest BCUT2D eigenvalue weighted by molar-refractivity contribution is 5.76. The maximum atomic E-state index is 10.7. The van der Waals surface area contributed by atoms with E-state index >= 15 is 0 Å². The standard InChI is InChI=1S/C8H13NO3/c1-6(10)4-7-2-3-9(5-7)8(11)12/h7H,2-5H2,1H3,(H,11,12)/t7-/m1/s1. The van der Waals surface area contributed by atoms with Crippen LogP contribution in [0.2, 0.25) is 0 Å². The molecule has 0 aromatic heterocycles. The van der Waals surface area contributed by atoms with Gasteiger partial charge in [-0.15, -0.1) is 0 Å². The molecule has 12 heavy (non-hydrogen) atoms. The molecular weight excluding hydrogens is 158 g/mol. The minimum atomic E-state index is -0.874. The van der Waals surface area contributed by atoms with Gasteiger partial charge >= 0.3 is 6.09 Å². The Kier molecular flexibility index (Phi) is 2.68. The normalized spacial score (nSPS) is 22.8. The fourth-order valence-electron chi connectivity index (χ4n) is 1.58. The van der Waals surface area contributed by atoms with Gasteiger partial charge in [0.25, 0.3) is 0 Å². The van der Waals surface area contributed by atoms with Crippen molar-refractivity contribution >= 4 is 11.9 Å². The zero-order valence-electron chi connectivity index (χ0n) is 7.12. The Morgan fingerprint density at radius 1 is 1.58 bits per heavy atom. The van der Waals surface area contributed by atoms with E-state index in [1.807, 2.05) is 0 Å². The van der Waals surface area contributed by atoms with E-state index in [2.05, 4.69) is 0 Å². The molecule has 0 aromatic rings. The van der Waals surface area contributed by atoms with Gasteiger partial charge in [0.05, 0.1) is 0 Å². The highest BCUT2D eigenvalue weighted by Gasteiger charge is 2.26. The molecular formula is C8H13NO3. The molecule has 1 aliphatic heterocycles. The number of Topliss-reactive ketones (excluding diaryl/α,β-unsaturated/α-hetero) is 1. The molecule has 4 heteroatoms. The van der Waals surface area contributed by atoms with Crippen molar-refractivity contribution in [1.82, 2.24) is 4.90 Å². The minimum Gasteiger partial charge on any atom is -0.465 e. The lowest BCUT2D eigenvalue weighted by Crippen LogP contribution is -2.26. The maximum absolute atomic E-state index is 10.7. The Balaban J connectivity index is 2.35. The molecule has 1 atom stereocenters. The first-order chi connectivity index (χ1) is 5.59. The molecule has 4 nitrogen and oxygen atoms in total. The van der Waals surface area contributed by atoms with Crippen LogP contribution in [0.4, 0.5) is 4.79 Å². The van der Waals surface area contributed by atoms with Gasteiger partial charge in [-0.2, -0.15) is 0 Å². The lowest BCUT2D eigenvalue weighted by atomic mass is 10.0. The molecule has 68 valence electrons. The van der Waals surface area contributed by atoms with Crippen LogP contribution in [-0.2, 0) is 4.79 Å². The molecule has 1 heterocycles. The summed E-state index contributed by atoms with van der Waals surface area (Å²) in [6.07, 6.45) is 0.469. The number of carbonyl (C=O) groups is 2. The van der Waals surface area contributed by atoms with Crippen molar-refractivity contribution in [2.45, 2.75) is 19.8 Å². The summed E-state index contributed by atoms with van der Waals surface area (Å²) in [6.45, 7) is 2.64. The highest BCUT2D eigenvalue weighted by Crippen LogP contribution is 2.19. The Bertz CT molecular complexity index is 202. The highest BCUT2D eigenvalue weighted by atomic mass is 16.4. The van der Waals surface area contributed by atoms with Crippen molar-refractivity contribution < 1.29 is 14.7 Å². The summed E-state index contributed by atoms with van der Waals surface area (Å²) in [5.74, 6) is 0.394. The van der Waals surface area contributed by atoms with Gasteiger partial charge in [-0.05, 0) is 19.3 Å². The second-order valence-electron chi connectivity index (χ2n) is 3.29. The number of carboxylic acid groups (broad SMARTS) is 1. The first-order valence-electron chi connectivity index (χ1n) is 4.07. The summed E-state index contributed by atoms with van der Waals surface area (Å²) < 4.78 is 0. The van der Waals surface area contributed by atoms with Crippen molar-refractivity contribution in [2.75, 3.05) is 13.1 Å². The van der Waals surface area contributed by atoms with E-state index in [0.717, 1.165) is 6.42 Å². The van der Waals surface area contributed by atoms with Gasteiger partial charge in [0, 0.05) is 19.5 Å². The third kappa shape index (κ3) is 2.22. The number of likely N-dealkylation sites (tertiary alicyclic amines) is 1. The van der Waals surface area contributed by atoms with Crippen molar-refractivity contribution in [3.05, 3.63) is 0 Å². The smallest absolute Gasteiger partial charge is 0.407 e. The summed E-state index contributed by atoms with van der Waals surface area (Å²) in [6, 6.07) is 0. The second-order valence-corrected chi connectivity index (χ2v) is 3.29. The molecule has 1 N–H and O–H groups in total. The molecule has 0 aromatic carbocycles. The largest absolute Gasteiger partial charge is 0.465 e. The molecule has 1 aliphatic rings. The van der Waals surface area contributed by atoms with Crippen LogP contribution >= 0.6 is 0 Å². The van der Waals surface area contributed by atoms with Crippen LogP contribution < -0.4 is 0 Å². The molecule has 0 radical (unpaired) electrons. The number of ketones is 1. The lowest BCUT2D eigenvalue weighted by Gasteiger charge is -2.10. The average Bonchev–Trinajstić information content (AvgIpc) is 2.34. The van der Waals surface area contributed by atoms with Crippen molar-refractivity contribution in [3.63, 3.8) is 0 Å². The fourth-order valence-corrected chi connectivity index (χ4v) is 1.58. The van der Waals surface area contributed by atoms with Gasteiger partial charge in [0.2, 0.25) is 0 Å². The van der Waals surface area contributed by atoms with E-state index in [4.69, 9.17) is 5.11 Å². The van der Waals surface area contributed by atoms with E-state index < -0.39 is 6.09 Å². The Morgan fingerprint density at radius 2 is 2.25 bits per heavy atom. The molecule has 0 bridgehead atoms. The van der Waals surface area contributed by atoms with Crippen LogP contribution in [0.25, 0.3) is 0 Å². The van der Waals surface area contributed by atoms with E-state index in [9.17, 15) is 9.59 Å². The zero-order valence-corrected chi connectivity index (χ0v) is 7.12. The van der Waals surface area contributed by atoms with E-state index in [0.29, 0.717) is 19.5 Å². The maximum Gasteiger partial charge on any atom is 0.407 e. The van der Waals surface area contributed by atoms with Gasteiger partial charge in [-0.1, -0.05) is 0 Å². The summed E-state index contributed by atoms with van der Waals surface area (Å²) in [4.78, 5) is 22.6. The SMILES string of the molecule is CC(=O)C[C@H]1CCN(C(=O)O)C1. The number of nitrogens with zero attached hydrogens (tertiary/aromatic N) is 1. The predicted molar refractivity (Wildman–Crippen MR) is 43.0 cm³/mol. The van der Waals surface area contributed by atoms with Crippen LogP contribution in [0, 0.1) is 5.92 Å². The summed E-state index contributed by atoms with van der Waals surface area (Å²) in [5, 5.41) is 8.61. The van der Waals surface area contributed by atoms with Crippen LogP contribution in [0.5, 0.6) is 0 Å². The third-order valence-corrected chi connectivity index (χ3v) is 2.13. The monoisotopic (exact) mass is 171 g/mol. The number of rotatable bonds is 2. The van der Waals surface area contributed by atoms with Crippen LogP contribution in [0.15, 0.2) is 0 Å². The first kappa shape index (κ1) is 9.03. The van der Waals surface area contributed by atoms with Crippen LogP contribution in [0.1, 0.15) is 19.8 Å². The summed E-state index contributed by atoms with van der Waals surface area (Å²) in [5.41, 5.74) is 0. The van der Waals surface area contributed by atoms with Gasteiger partial charge in [-0.3, -0.25) is 0 Å². The zero-order chi connectivity index (χ0) is 9.14. The fraction of sp³-hybridized carbons (Fsp3) is 0.750. The summed E-state index contributed by atoms with van der Waals surface area (Å²) in [7, 11) is 0. The molecule has 0 aliphatic carbocycles. The molecule has 0 spiro atoms. The van der Waals surface area contributed by atoms with E-state index in [1.54, 1.807) is 6.92 Å². The Morgan fingerprint density at radius 3 is 2.67 bits per heavy atom. The van der Waals surface area contributed by atoms with Gasteiger partial charge < -0.3 is 14.8 Å². The van der Waals surface area contributed by atoms with Crippen molar-refractivity contribution in [3.8, 4) is 0 Å². The van der Waals surface area contributed by atoms with Crippen molar-refractivity contribution in [2.24, 2.45) is 5.92 Å². The Labute approximate surface area is 71.2 Å². The molecule has 0 saturated carbocycles. The van der Waals surface area contributed by atoms with Gasteiger partial charge in [0.1, 0.15) is 5.78 Å². The number of hydrogen-bond donors (Lipinski definition) is 1. The minimum absolute atomic E-state index is 0.146. The number of hydrogen-bond acceptors (Lipinski definition) is 2. The van der Waals surface area contributed by atoms with Gasteiger partial charge in [0.15, 0.2) is 0 Å². The van der Waals surface area contributed by atoms with Crippen LogP contribution in [0.3, 0.4) is 0 Å². The predicted octanol–water partition coefficient (Wildman–Crippen LogP) is 0.965. The third-order valence-electron chi connectivity index (χ3n) is 2.13. The molecule has 1 saturated heterocycles. The lowest BCUT2D eigenvalue weighted by molar-refractivity contribution is -0.117.